The summed E-state index contributed by atoms with van der Waals surface area (Å²) in [5.41, 5.74) is 2.38. The van der Waals surface area contributed by atoms with Crippen LogP contribution in [0.25, 0.3) is 0 Å². The zero-order valence-electron chi connectivity index (χ0n) is 20.6. The molecule has 0 aromatic heterocycles. The molecule has 2 aromatic carbocycles. The SMILES string of the molecule is O=C(CCCC(=O)OCCCc1ccccc1)NC(=S)Nc1cccc(C(=O)NC2CCCCC2)c1. The molecule has 192 valence electrons. The monoisotopic (exact) mass is 509 g/mol. The Balaban J connectivity index is 1.30. The molecule has 0 bridgehead atoms. The zero-order chi connectivity index (χ0) is 25.6. The van der Waals surface area contributed by atoms with E-state index in [2.05, 4.69) is 16.0 Å². The van der Waals surface area contributed by atoms with Crippen LogP contribution < -0.4 is 16.0 Å². The second-order valence-corrected chi connectivity index (χ2v) is 9.46. The van der Waals surface area contributed by atoms with Crippen LogP contribution in [0.2, 0.25) is 0 Å². The Bertz CT molecular complexity index is 1020. The Labute approximate surface area is 218 Å². The molecule has 0 saturated heterocycles. The first-order valence-electron chi connectivity index (χ1n) is 12.7. The van der Waals surface area contributed by atoms with Gasteiger partial charge in [0.15, 0.2) is 5.11 Å². The number of rotatable bonds is 11. The number of hydrogen-bond donors (Lipinski definition) is 3. The number of carbonyl (C=O) groups excluding carboxylic acids is 3. The fourth-order valence-corrected chi connectivity index (χ4v) is 4.41. The predicted molar refractivity (Wildman–Crippen MR) is 145 cm³/mol. The summed E-state index contributed by atoms with van der Waals surface area (Å²) in [6, 6.07) is 17.3. The first-order valence-corrected chi connectivity index (χ1v) is 13.1. The summed E-state index contributed by atoms with van der Waals surface area (Å²) in [6.07, 6.45) is 7.90. The van der Waals surface area contributed by atoms with Crippen LogP contribution in [-0.2, 0) is 20.7 Å². The van der Waals surface area contributed by atoms with Gasteiger partial charge in [-0.05, 0) is 68.1 Å². The Morgan fingerprint density at radius 1 is 0.917 bits per heavy atom. The van der Waals surface area contributed by atoms with Gasteiger partial charge in [-0.1, -0.05) is 55.7 Å². The van der Waals surface area contributed by atoms with E-state index in [-0.39, 0.29) is 41.8 Å². The second kappa shape index (κ2) is 15.0. The van der Waals surface area contributed by atoms with Gasteiger partial charge in [0, 0.05) is 30.1 Å². The third-order valence-corrected chi connectivity index (χ3v) is 6.28. The van der Waals surface area contributed by atoms with Gasteiger partial charge >= 0.3 is 5.97 Å². The van der Waals surface area contributed by atoms with E-state index in [4.69, 9.17) is 17.0 Å². The van der Waals surface area contributed by atoms with Crippen LogP contribution in [0.3, 0.4) is 0 Å². The molecule has 7 nitrogen and oxygen atoms in total. The van der Waals surface area contributed by atoms with Crippen molar-refractivity contribution >= 4 is 40.8 Å². The number of amides is 2. The molecule has 1 fully saturated rings. The molecule has 8 heteroatoms. The molecule has 2 amide bonds. The third kappa shape index (κ3) is 10.2. The first kappa shape index (κ1) is 27.3. The minimum Gasteiger partial charge on any atom is -0.466 e. The van der Waals surface area contributed by atoms with Gasteiger partial charge in [-0.25, -0.2) is 0 Å². The van der Waals surface area contributed by atoms with Crippen LogP contribution >= 0.6 is 12.2 Å². The summed E-state index contributed by atoms with van der Waals surface area (Å²) >= 11 is 5.23. The van der Waals surface area contributed by atoms with E-state index < -0.39 is 0 Å². The molecule has 0 heterocycles. The molecule has 0 aliphatic heterocycles. The van der Waals surface area contributed by atoms with Crippen LogP contribution in [0, 0.1) is 0 Å². The summed E-state index contributed by atoms with van der Waals surface area (Å²) in [5, 5.41) is 8.81. The topological polar surface area (TPSA) is 96.5 Å². The van der Waals surface area contributed by atoms with Crippen molar-refractivity contribution in [3.05, 3.63) is 65.7 Å². The van der Waals surface area contributed by atoms with Gasteiger partial charge in [-0.3, -0.25) is 14.4 Å². The predicted octanol–water partition coefficient (Wildman–Crippen LogP) is 4.91. The van der Waals surface area contributed by atoms with Gasteiger partial charge in [0.25, 0.3) is 5.91 Å². The lowest BCUT2D eigenvalue weighted by molar-refractivity contribution is -0.143. The highest BCUT2D eigenvalue weighted by Crippen LogP contribution is 2.18. The molecule has 0 atom stereocenters. The minimum atomic E-state index is -0.306. The summed E-state index contributed by atoms with van der Waals surface area (Å²) in [4.78, 5) is 36.6. The highest BCUT2D eigenvalue weighted by atomic mass is 32.1. The second-order valence-electron chi connectivity index (χ2n) is 9.05. The number of aryl methyl sites for hydroxylation is 1. The first-order chi connectivity index (χ1) is 17.5. The van der Waals surface area contributed by atoms with Crippen molar-refractivity contribution in [2.45, 2.75) is 70.3 Å². The summed E-state index contributed by atoms with van der Waals surface area (Å²) in [6.45, 7) is 0.367. The molecule has 3 N–H and O–H groups in total. The van der Waals surface area contributed by atoms with Gasteiger partial charge in [0.2, 0.25) is 5.91 Å². The van der Waals surface area contributed by atoms with Crippen LogP contribution in [0.15, 0.2) is 54.6 Å². The van der Waals surface area contributed by atoms with Crippen molar-refractivity contribution in [3.63, 3.8) is 0 Å². The molecule has 0 spiro atoms. The van der Waals surface area contributed by atoms with E-state index in [1.54, 1.807) is 24.3 Å². The number of esters is 1. The maximum atomic E-state index is 12.6. The lowest BCUT2D eigenvalue weighted by Crippen LogP contribution is -2.36. The quantitative estimate of drug-likeness (QED) is 0.226. The van der Waals surface area contributed by atoms with Crippen LogP contribution in [0.1, 0.15) is 73.7 Å². The fourth-order valence-electron chi connectivity index (χ4n) is 4.18. The number of thiocarbonyl (C=S) groups is 1. The number of anilines is 1. The van der Waals surface area contributed by atoms with E-state index in [1.165, 1.54) is 12.0 Å². The minimum absolute atomic E-state index is 0.104. The number of benzene rings is 2. The van der Waals surface area contributed by atoms with Crippen molar-refractivity contribution in [3.8, 4) is 0 Å². The maximum Gasteiger partial charge on any atom is 0.305 e. The Morgan fingerprint density at radius 2 is 1.69 bits per heavy atom. The van der Waals surface area contributed by atoms with Crippen molar-refractivity contribution in [2.75, 3.05) is 11.9 Å². The maximum absolute atomic E-state index is 12.6. The van der Waals surface area contributed by atoms with E-state index in [9.17, 15) is 14.4 Å². The molecule has 3 rings (SSSR count). The molecule has 0 unspecified atom stereocenters. The van der Waals surface area contributed by atoms with E-state index in [0.717, 1.165) is 38.5 Å². The standard InChI is InChI=1S/C28H35N3O4S/c32-25(17-8-18-26(33)35-19-9-12-21-10-3-1-4-11-21)31-28(36)30-24-16-7-13-22(20-24)27(34)29-23-14-5-2-6-15-23/h1,3-4,7,10-11,13,16,20,23H,2,5-6,8-9,12,14-15,17-19H2,(H,29,34)(H2,30,31,32,36). The van der Waals surface area contributed by atoms with Crippen LogP contribution in [0.5, 0.6) is 0 Å². The Morgan fingerprint density at radius 3 is 2.47 bits per heavy atom. The molecule has 0 radical (unpaired) electrons. The average Bonchev–Trinajstić information content (AvgIpc) is 2.88. The summed E-state index contributed by atoms with van der Waals surface area (Å²) in [7, 11) is 0. The molecule has 1 aliphatic rings. The van der Waals surface area contributed by atoms with Gasteiger partial charge in [0.1, 0.15) is 0 Å². The van der Waals surface area contributed by atoms with Gasteiger partial charge in [-0.2, -0.15) is 0 Å². The lowest BCUT2D eigenvalue weighted by atomic mass is 9.95. The van der Waals surface area contributed by atoms with Crippen molar-refractivity contribution in [1.29, 1.82) is 0 Å². The van der Waals surface area contributed by atoms with Gasteiger partial charge in [0.05, 0.1) is 6.61 Å². The smallest absolute Gasteiger partial charge is 0.305 e. The zero-order valence-corrected chi connectivity index (χ0v) is 21.4. The molecular weight excluding hydrogens is 474 g/mol. The summed E-state index contributed by atoms with van der Waals surface area (Å²) < 4.78 is 5.24. The number of nitrogens with one attached hydrogen (secondary N) is 3. The average molecular weight is 510 g/mol. The van der Waals surface area contributed by atoms with Gasteiger partial charge < -0.3 is 20.7 Å². The van der Waals surface area contributed by atoms with E-state index in [0.29, 0.717) is 24.3 Å². The highest BCUT2D eigenvalue weighted by Gasteiger charge is 2.17. The van der Waals surface area contributed by atoms with Crippen molar-refractivity contribution < 1.29 is 19.1 Å². The molecule has 1 saturated carbocycles. The fraction of sp³-hybridized carbons (Fsp3) is 0.429. The van der Waals surface area contributed by atoms with Crippen LogP contribution in [0.4, 0.5) is 5.69 Å². The molecule has 2 aromatic rings. The summed E-state index contributed by atoms with van der Waals surface area (Å²) in [5.74, 6) is -0.692. The van der Waals surface area contributed by atoms with Crippen molar-refractivity contribution in [2.24, 2.45) is 0 Å². The molecular formula is C28H35N3O4S. The Kier molecular flexibility index (Phi) is 11.4. The largest absolute Gasteiger partial charge is 0.466 e. The van der Waals surface area contributed by atoms with Gasteiger partial charge in [-0.15, -0.1) is 0 Å². The number of hydrogen-bond acceptors (Lipinski definition) is 5. The number of carbonyl (C=O) groups is 3. The molecule has 1 aliphatic carbocycles. The van der Waals surface area contributed by atoms with E-state index in [1.807, 2.05) is 30.3 Å². The van der Waals surface area contributed by atoms with E-state index >= 15 is 0 Å². The normalized spacial score (nSPS) is 13.4. The third-order valence-electron chi connectivity index (χ3n) is 6.08. The Hall–Kier alpha value is -3.26. The molecule has 36 heavy (non-hydrogen) atoms. The lowest BCUT2D eigenvalue weighted by Gasteiger charge is -2.22. The highest BCUT2D eigenvalue weighted by molar-refractivity contribution is 7.80. The van der Waals surface area contributed by atoms with Crippen molar-refractivity contribution in [1.82, 2.24) is 10.6 Å². The van der Waals surface area contributed by atoms with Crippen LogP contribution in [-0.4, -0.2) is 35.5 Å². The number of ether oxygens (including phenoxy) is 1.